The van der Waals surface area contributed by atoms with E-state index in [1.54, 1.807) is 42.5 Å². The van der Waals surface area contributed by atoms with E-state index in [0.29, 0.717) is 22.6 Å². The predicted octanol–water partition coefficient (Wildman–Crippen LogP) is 3.60. The lowest BCUT2D eigenvalue weighted by Crippen LogP contribution is -2.40. The number of anilines is 1. The Kier molecular flexibility index (Phi) is 6.54. The minimum Gasteiger partial charge on any atom is -0.496 e. The number of rotatable bonds is 5. The van der Waals surface area contributed by atoms with E-state index in [2.05, 4.69) is 10.6 Å². The van der Waals surface area contributed by atoms with Crippen molar-refractivity contribution < 1.29 is 14.3 Å². The molecule has 2 aromatic carbocycles. The number of para-hydroxylation sites is 1. The van der Waals surface area contributed by atoms with Crippen LogP contribution in [0.2, 0.25) is 5.02 Å². The molecule has 0 aliphatic heterocycles. The van der Waals surface area contributed by atoms with Gasteiger partial charge in [-0.2, -0.15) is 0 Å². The second kappa shape index (κ2) is 9.08. The molecule has 0 heterocycles. The summed E-state index contributed by atoms with van der Waals surface area (Å²) in [4.78, 5) is 25.0. The summed E-state index contributed by atoms with van der Waals surface area (Å²) in [6.07, 6.45) is 3.56. The Balaban J connectivity index is 1.66. The first-order chi connectivity index (χ1) is 13.5. The summed E-state index contributed by atoms with van der Waals surface area (Å²) in [5, 5.41) is 6.07. The highest BCUT2D eigenvalue weighted by Gasteiger charge is 2.22. The van der Waals surface area contributed by atoms with Gasteiger partial charge in [0.2, 0.25) is 0 Å². The van der Waals surface area contributed by atoms with Crippen LogP contribution in [0.25, 0.3) is 0 Å². The van der Waals surface area contributed by atoms with Crippen LogP contribution >= 0.6 is 11.6 Å². The van der Waals surface area contributed by atoms with E-state index in [1.165, 1.54) is 7.11 Å². The molecule has 0 radical (unpaired) electrons. The summed E-state index contributed by atoms with van der Waals surface area (Å²) in [5.74, 6) is -0.0494. The third-order valence-corrected chi connectivity index (χ3v) is 5.24. The van der Waals surface area contributed by atoms with Crippen LogP contribution < -0.4 is 21.1 Å². The van der Waals surface area contributed by atoms with Crippen molar-refractivity contribution >= 4 is 29.1 Å². The van der Waals surface area contributed by atoms with Crippen LogP contribution in [0, 0.1) is 0 Å². The molecule has 0 unspecified atom stereocenters. The fourth-order valence-electron chi connectivity index (χ4n) is 3.33. The Bertz CT molecular complexity index is 864. The molecule has 28 heavy (non-hydrogen) atoms. The van der Waals surface area contributed by atoms with Crippen molar-refractivity contribution in [1.82, 2.24) is 5.32 Å². The van der Waals surface area contributed by atoms with Crippen LogP contribution in [0.15, 0.2) is 42.5 Å². The van der Waals surface area contributed by atoms with Gasteiger partial charge in [0.05, 0.1) is 23.3 Å². The summed E-state index contributed by atoms with van der Waals surface area (Å²) in [7, 11) is 1.51. The summed E-state index contributed by atoms with van der Waals surface area (Å²) in [5.41, 5.74) is 7.20. The number of hydrogen-bond donors (Lipinski definition) is 3. The van der Waals surface area contributed by atoms with Crippen molar-refractivity contribution in [3.63, 3.8) is 0 Å². The summed E-state index contributed by atoms with van der Waals surface area (Å²) in [6, 6.07) is 12.1. The molecule has 2 amide bonds. The average Bonchev–Trinajstić information content (AvgIpc) is 2.69. The fourth-order valence-corrected chi connectivity index (χ4v) is 3.60. The lowest BCUT2D eigenvalue weighted by molar-refractivity contribution is 0.0925. The van der Waals surface area contributed by atoms with E-state index in [4.69, 9.17) is 22.1 Å². The molecule has 0 saturated heterocycles. The third kappa shape index (κ3) is 4.82. The zero-order valence-electron chi connectivity index (χ0n) is 15.7. The number of nitrogens with two attached hydrogens (primary N) is 1. The Morgan fingerprint density at radius 3 is 2.43 bits per heavy atom. The highest BCUT2D eigenvalue weighted by molar-refractivity contribution is 6.34. The molecule has 1 saturated carbocycles. The van der Waals surface area contributed by atoms with Crippen LogP contribution in [-0.4, -0.2) is 31.0 Å². The van der Waals surface area contributed by atoms with Crippen LogP contribution in [0.3, 0.4) is 0 Å². The van der Waals surface area contributed by atoms with Gasteiger partial charge < -0.3 is 21.1 Å². The molecule has 0 bridgehead atoms. The first-order valence-corrected chi connectivity index (χ1v) is 9.66. The second-order valence-corrected chi connectivity index (χ2v) is 7.34. The van der Waals surface area contributed by atoms with Gasteiger partial charge in [-0.3, -0.25) is 9.59 Å². The van der Waals surface area contributed by atoms with Gasteiger partial charge in [0.15, 0.2) is 0 Å². The number of carbonyl (C=O) groups is 2. The molecular weight excluding hydrogens is 378 g/mol. The van der Waals surface area contributed by atoms with Crippen molar-refractivity contribution in [2.45, 2.75) is 37.8 Å². The highest BCUT2D eigenvalue weighted by atomic mass is 35.5. The van der Waals surface area contributed by atoms with E-state index < -0.39 is 0 Å². The molecule has 6 nitrogen and oxygen atoms in total. The lowest BCUT2D eigenvalue weighted by Gasteiger charge is -2.27. The summed E-state index contributed by atoms with van der Waals surface area (Å²) >= 11 is 6.30. The molecule has 2 aromatic rings. The highest BCUT2D eigenvalue weighted by Crippen LogP contribution is 2.24. The van der Waals surface area contributed by atoms with Crippen molar-refractivity contribution in [1.29, 1.82) is 0 Å². The Morgan fingerprint density at radius 1 is 1.04 bits per heavy atom. The molecule has 1 aliphatic rings. The van der Waals surface area contributed by atoms with Crippen molar-refractivity contribution in [2.24, 2.45) is 5.73 Å². The van der Waals surface area contributed by atoms with Crippen molar-refractivity contribution in [2.75, 3.05) is 12.4 Å². The van der Waals surface area contributed by atoms with Gasteiger partial charge in [-0.1, -0.05) is 23.7 Å². The number of amides is 2. The Hall–Kier alpha value is -2.57. The Morgan fingerprint density at radius 2 is 1.75 bits per heavy atom. The topological polar surface area (TPSA) is 93.4 Å². The number of carbonyl (C=O) groups excluding carboxylic acids is 2. The quantitative estimate of drug-likeness (QED) is 0.713. The maximum atomic E-state index is 12.5. The standard InChI is InChI=1S/C21H24ClN3O3/c1-28-19-5-3-2-4-17(19)21(27)25-15-10-11-16(18(22)12-15)20(26)24-14-8-6-13(23)7-9-14/h2-5,10-14H,6-9,23H2,1H3,(H,24,26)(H,25,27). The van der Waals surface area contributed by atoms with Crippen LogP contribution in [0.5, 0.6) is 5.75 Å². The van der Waals surface area contributed by atoms with Gasteiger partial charge >= 0.3 is 0 Å². The number of benzene rings is 2. The average molecular weight is 402 g/mol. The van der Waals surface area contributed by atoms with Gasteiger partial charge in [0.25, 0.3) is 11.8 Å². The molecule has 0 aromatic heterocycles. The summed E-state index contributed by atoms with van der Waals surface area (Å²) < 4.78 is 5.21. The maximum Gasteiger partial charge on any atom is 0.259 e. The minimum absolute atomic E-state index is 0.119. The number of methoxy groups -OCH3 is 1. The number of ether oxygens (including phenoxy) is 1. The zero-order chi connectivity index (χ0) is 20.1. The molecule has 0 spiro atoms. The van der Waals surface area contributed by atoms with Gasteiger partial charge in [-0.25, -0.2) is 0 Å². The Labute approximate surface area is 169 Å². The smallest absolute Gasteiger partial charge is 0.259 e. The SMILES string of the molecule is COc1ccccc1C(=O)Nc1ccc(C(=O)NC2CCC(N)CC2)c(Cl)c1. The molecule has 4 N–H and O–H groups in total. The number of hydrogen-bond acceptors (Lipinski definition) is 4. The molecular formula is C21H24ClN3O3. The van der Waals surface area contributed by atoms with E-state index in [-0.39, 0.29) is 28.9 Å². The van der Waals surface area contributed by atoms with E-state index in [0.717, 1.165) is 25.7 Å². The minimum atomic E-state index is -0.315. The number of halogens is 1. The third-order valence-electron chi connectivity index (χ3n) is 4.93. The van der Waals surface area contributed by atoms with Crippen LogP contribution in [-0.2, 0) is 0 Å². The number of nitrogens with one attached hydrogen (secondary N) is 2. The monoisotopic (exact) mass is 401 g/mol. The van der Waals surface area contributed by atoms with Crippen LogP contribution in [0.1, 0.15) is 46.4 Å². The first-order valence-electron chi connectivity index (χ1n) is 9.28. The van der Waals surface area contributed by atoms with E-state index in [1.807, 2.05) is 0 Å². The predicted molar refractivity (Wildman–Crippen MR) is 110 cm³/mol. The molecule has 148 valence electrons. The van der Waals surface area contributed by atoms with Crippen molar-refractivity contribution in [3.05, 3.63) is 58.6 Å². The largest absolute Gasteiger partial charge is 0.496 e. The van der Waals surface area contributed by atoms with Gasteiger partial charge in [-0.15, -0.1) is 0 Å². The molecule has 1 aliphatic carbocycles. The summed E-state index contributed by atoms with van der Waals surface area (Å²) in [6.45, 7) is 0. The van der Waals surface area contributed by atoms with E-state index in [9.17, 15) is 9.59 Å². The van der Waals surface area contributed by atoms with Crippen molar-refractivity contribution in [3.8, 4) is 5.75 Å². The van der Waals surface area contributed by atoms with Gasteiger partial charge in [0.1, 0.15) is 5.75 Å². The molecule has 0 atom stereocenters. The molecule has 1 fully saturated rings. The molecule has 7 heteroatoms. The van der Waals surface area contributed by atoms with E-state index >= 15 is 0 Å². The second-order valence-electron chi connectivity index (χ2n) is 6.93. The van der Waals surface area contributed by atoms with Gasteiger partial charge in [-0.05, 0) is 56.0 Å². The lowest BCUT2D eigenvalue weighted by atomic mass is 9.91. The fraction of sp³-hybridized carbons (Fsp3) is 0.333. The zero-order valence-corrected chi connectivity index (χ0v) is 16.5. The van der Waals surface area contributed by atoms with Gasteiger partial charge in [0, 0.05) is 17.8 Å². The normalized spacial score (nSPS) is 19.0. The molecule has 3 rings (SSSR count). The van der Waals surface area contributed by atoms with Crippen LogP contribution in [0.4, 0.5) is 5.69 Å². The first kappa shape index (κ1) is 20.2. The maximum absolute atomic E-state index is 12.5.